The fourth-order valence-electron chi connectivity index (χ4n) is 2.45. The van der Waals surface area contributed by atoms with Crippen molar-refractivity contribution in [1.82, 2.24) is 4.57 Å². The molecule has 1 atom stereocenters. The number of fused-ring (bicyclic) bond motifs is 1. The molecule has 0 bridgehead atoms. The van der Waals surface area contributed by atoms with Crippen LogP contribution in [0.4, 0.5) is 0 Å². The molecule has 27 heavy (non-hydrogen) atoms. The largest absolute Gasteiger partial charge is 0.467 e. The predicted molar refractivity (Wildman–Crippen MR) is 102 cm³/mol. The number of benzene rings is 1. The summed E-state index contributed by atoms with van der Waals surface area (Å²) < 4.78 is 10.7. The number of carbonyl (C=O) groups is 2. The van der Waals surface area contributed by atoms with E-state index in [1.165, 1.54) is 20.4 Å². The Morgan fingerprint density at radius 1 is 1.11 bits per heavy atom. The SMILES string of the molecule is COC(=O)C(=C=NC(C)(C)C)C(C(=O)OC)n1ccc2ccccc2c1=O. The molecule has 7 nitrogen and oxygen atoms in total. The average Bonchev–Trinajstić information content (AvgIpc) is 2.64. The van der Waals surface area contributed by atoms with Gasteiger partial charge in [0.2, 0.25) is 0 Å². The van der Waals surface area contributed by atoms with Crippen LogP contribution in [0, 0.1) is 0 Å². The summed E-state index contributed by atoms with van der Waals surface area (Å²) in [4.78, 5) is 41.9. The Morgan fingerprint density at radius 3 is 2.37 bits per heavy atom. The van der Waals surface area contributed by atoms with Crippen LogP contribution in [0.3, 0.4) is 0 Å². The van der Waals surface area contributed by atoms with Gasteiger partial charge in [0.25, 0.3) is 5.56 Å². The molecule has 1 aromatic carbocycles. The minimum atomic E-state index is -1.37. The number of ether oxygens (including phenoxy) is 2. The number of hydrogen-bond donors (Lipinski definition) is 0. The Bertz CT molecular complexity index is 991. The van der Waals surface area contributed by atoms with E-state index >= 15 is 0 Å². The van der Waals surface area contributed by atoms with E-state index in [1.807, 2.05) is 20.8 Å². The number of methoxy groups -OCH3 is 2. The molecule has 0 N–H and O–H groups in total. The summed E-state index contributed by atoms with van der Waals surface area (Å²) in [6.45, 7) is 5.43. The molecule has 1 aromatic heterocycles. The third-order valence-electron chi connectivity index (χ3n) is 3.73. The highest BCUT2D eigenvalue weighted by molar-refractivity contribution is 6.04. The number of aliphatic imine (C=N–C) groups is 1. The number of rotatable bonds is 4. The maximum absolute atomic E-state index is 12.9. The maximum Gasteiger partial charge on any atom is 0.346 e. The Balaban J connectivity index is 2.80. The van der Waals surface area contributed by atoms with Crippen molar-refractivity contribution >= 4 is 28.6 Å². The number of nitrogens with zero attached hydrogens (tertiary/aromatic N) is 2. The van der Waals surface area contributed by atoms with E-state index in [1.54, 1.807) is 30.3 Å². The summed E-state index contributed by atoms with van der Waals surface area (Å²) in [7, 11) is 2.36. The Morgan fingerprint density at radius 2 is 1.78 bits per heavy atom. The third-order valence-corrected chi connectivity index (χ3v) is 3.73. The fraction of sp³-hybridized carbons (Fsp3) is 0.350. The second-order valence-corrected chi connectivity index (χ2v) is 6.84. The van der Waals surface area contributed by atoms with Crippen molar-refractivity contribution in [3.63, 3.8) is 0 Å². The van der Waals surface area contributed by atoms with E-state index in [4.69, 9.17) is 9.47 Å². The van der Waals surface area contributed by atoms with Crippen LogP contribution in [0.5, 0.6) is 0 Å². The molecule has 0 saturated heterocycles. The van der Waals surface area contributed by atoms with Gasteiger partial charge in [-0.25, -0.2) is 14.6 Å². The lowest BCUT2D eigenvalue weighted by atomic mass is 10.1. The van der Waals surface area contributed by atoms with Gasteiger partial charge in [-0.15, -0.1) is 0 Å². The van der Waals surface area contributed by atoms with Crippen LogP contribution in [0.25, 0.3) is 10.8 Å². The highest BCUT2D eigenvalue weighted by Crippen LogP contribution is 2.20. The van der Waals surface area contributed by atoms with Gasteiger partial charge in [-0.1, -0.05) is 18.2 Å². The smallest absolute Gasteiger partial charge is 0.346 e. The first-order chi connectivity index (χ1) is 12.7. The lowest BCUT2D eigenvalue weighted by Gasteiger charge is -2.18. The van der Waals surface area contributed by atoms with Crippen molar-refractivity contribution in [2.24, 2.45) is 4.99 Å². The van der Waals surface area contributed by atoms with Crippen molar-refractivity contribution in [3.8, 4) is 0 Å². The maximum atomic E-state index is 12.9. The number of hydrogen-bond acceptors (Lipinski definition) is 6. The monoisotopic (exact) mass is 370 g/mol. The lowest BCUT2D eigenvalue weighted by Crippen LogP contribution is -2.34. The first-order valence-corrected chi connectivity index (χ1v) is 8.30. The van der Waals surface area contributed by atoms with Crippen LogP contribution in [-0.2, 0) is 19.1 Å². The minimum Gasteiger partial charge on any atom is -0.467 e. The topological polar surface area (TPSA) is 87.0 Å². The summed E-state index contributed by atoms with van der Waals surface area (Å²) in [5, 5.41) is 1.13. The van der Waals surface area contributed by atoms with Crippen molar-refractivity contribution in [2.75, 3.05) is 14.2 Å². The molecule has 0 radical (unpaired) electrons. The minimum absolute atomic E-state index is 0.211. The Hall–Kier alpha value is -3.18. The zero-order chi connectivity index (χ0) is 20.2. The van der Waals surface area contributed by atoms with E-state index in [-0.39, 0.29) is 5.57 Å². The van der Waals surface area contributed by atoms with Crippen molar-refractivity contribution in [2.45, 2.75) is 32.4 Å². The highest BCUT2D eigenvalue weighted by Gasteiger charge is 2.33. The van der Waals surface area contributed by atoms with Gasteiger partial charge in [-0.05, 0) is 44.2 Å². The molecule has 0 aliphatic rings. The van der Waals surface area contributed by atoms with Crippen LogP contribution in [0.1, 0.15) is 26.8 Å². The predicted octanol–water partition coefficient (Wildman–Crippen LogP) is 2.28. The molecular weight excluding hydrogens is 348 g/mol. The molecule has 0 spiro atoms. The molecule has 0 saturated carbocycles. The molecule has 2 rings (SSSR count). The van der Waals surface area contributed by atoms with E-state index in [9.17, 15) is 14.4 Å². The van der Waals surface area contributed by atoms with E-state index < -0.39 is 29.1 Å². The van der Waals surface area contributed by atoms with Gasteiger partial charge in [0.1, 0.15) is 5.57 Å². The molecule has 2 aromatic rings. The van der Waals surface area contributed by atoms with Crippen LogP contribution in [0.2, 0.25) is 0 Å². The van der Waals surface area contributed by atoms with Crippen LogP contribution >= 0.6 is 0 Å². The second-order valence-electron chi connectivity index (χ2n) is 6.84. The highest BCUT2D eigenvalue weighted by atomic mass is 16.5. The van der Waals surface area contributed by atoms with E-state index in [0.717, 1.165) is 4.57 Å². The Kier molecular flexibility index (Phi) is 5.98. The molecule has 142 valence electrons. The molecule has 1 unspecified atom stereocenters. The number of pyridine rings is 1. The van der Waals surface area contributed by atoms with Crippen LogP contribution in [0.15, 0.2) is 51.9 Å². The van der Waals surface area contributed by atoms with Gasteiger partial charge in [0, 0.05) is 11.6 Å². The van der Waals surface area contributed by atoms with Gasteiger partial charge in [-0.2, -0.15) is 0 Å². The molecule has 0 aliphatic heterocycles. The molecule has 0 aliphatic carbocycles. The lowest BCUT2D eigenvalue weighted by molar-refractivity contribution is -0.146. The van der Waals surface area contributed by atoms with Gasteiger partial charge in [-0.3, -0.25) is 9.36 Å². The van der Waals surface area contributed by atoms with Crippen molar-refractivity contribution in [3.05, 3.63) is 52.5 Å². The van der Waals surface area contributed by atoms with Crippen molar-refractivity contribution < 1.29 is 19.1 Å². The molecule has 7 heteroatoms. The summed E-state index contributed by atoms with van der Waals surface area (Å²) in [6.07, 6.45) is 1.44. The standard InChI is InChI=1S/C20H22N2O5/c1-20(2,3)21-12-15(18(24)26-4)16(19(25)27-5)22-11-10-13-8-6-7-9-14(13)17(22)23/h6-11,16H,1-5H3. The normalized spacial score (nSPS) is 12.0. The third kappa shape index (κ3) is 4.51. The average molecular weight is 370 g/mol. The molecular formula is C20H22N2O5. The summed E-state index contributed by atoms with van der Waals surface area (Å²) in [5.41, 5.74) is -1.20. The van der Waals surface area contributed by atoms with E-state index in [2.05, 4.69) is 10.9 Å². The number of esters is 2. The van der Waals surface area contributed by atoms with Crippen LogP contribution in [-0.4, -0.2) is 42.1 Å². The van der Waals surface area contributed by atoms with Crippen LogP contribution < -0.4 is 5.56 Å². The Labute approximate surface area is 156 Å². The van der Waals surface area contributed by atoms with Gasteiger partial charge in [0.05, 0.1) is 19.8 Å². The molecule has 0 amide bonds. The summed E-state index contributed by atoms with van der Waals surface area (Å²) in [5.74, 6) is 0.984. The first kappa shape index (κ1) is 20.1. The van der Waals surface area contributed by atoms with Gasteiger partial charge >= 0.3 is 11.9 Å². The second kappa shape index (κ2) is 8.01. The van der Waals surface area contributed by atoms with Gasteiger partial charge in [0.15, 0.2) is 6.04 Å². The number of aromatic nitrogens is 1. The molecule has 0 fully saturated rings. The zero-order valence-corrected chi connectivity index (χ0v) is 16.0. The van der Waals surface area contributed by atoms with E-state index in [0.29, 0.717) is 10.8 Å². The van der Waals surface area contributed by atoms with Crippen molar-refractivity contribution in [1.29, 1.82) is 0 Å². The molecule has 1 heterocycles. The number of carbonyl (C=O) groups excluding carboxylic acids is 2. The summed E-state index contributed by atoms with van der Waals surface area (Å²) in [6, 6.07) is 7.27. The summed E-state index contributed by atoms with van der Waals surface area (Å²) >= 11 is 0. The first-order valence-electron chi connectivity index (χ1n) is 8.30. The fourth-order valence-corrected chi connectivity index (χ4v) is 2.45. The quantitative estimate of drug-likeness (QED) is 0.468. The van der Waals surface area contributed by atoms with Gasteiger partial charge < -0.3 is 9.47 Å². The zero-order valence-electron chi connectivity index (χ0n) is 16.0.